The minimum absolute atomic E-state index is 0.215. The Bertz CT molecular complexity index is 1290. The van der Waals surface area contributed by atoms with E-state index in [1.165, 1.54) is 22.3 Å². The van der Waals surface area contributed by atoms with Crippen LogP contribution in [0.3, 0.4) is 0 Å². The number of carbonyl (C=O) groups is 1. The summed E-state index contributed by atoms with van der Waals surface area (Å²) in [4.78, 5) is 13.8. The standard InChI is InChI=1S/C34H38N2O3/c1-26-21-31(38-2)18-17-30(26)24-36(19-10-20-39-32-16-9-11-27(22-32)23-34(35)37)25-33(28-12-5-3-6-13-28)29-14-7-4-8-15-29/h3-9,11-18,21-22,33H,10,19-20,23-25H2,1-2H3,(H2,35,37). The van der Waals surface area contributed by atoms with Gasteiger partial charge >= 0.3 is 0 Å². The van der Waals surface area contributed by atoms with Crippen molar-refractivity contribution in [1.29, 1.82) is 0 Å². The Labute approximate surface area is 232 Å². The van der Waals surface area contributed by atoms with E-state index >= 15 is 0 Å². The van der Waals surface area contributed by atoms with E-state index in [1.807, 2.05) is 30.3 Å². The number of hydrogen-bond donors (Lipinski definition) is 1. The molecule has 39 heavy (non-hydrogen) atoms. The Morgan fingerprint density at radius 1 is 0.846 bits per heavy atom. The lowest BCUT2D eigenvalue weighted by Gasteiger charge is -2.29. The third-order valence-electron chi connectivity index (χ3n) is 6.95. The molecule has 4 rings (SSSR count). The fourth-order valence-corrected chi connectivity index (χ4v) is 4.91. The van der Waals surface area contributed by atoms with E-state index in [0.717, 1.165) is 43.1 Å². The van der Waals surface area contributed by atoms with Crippen molar-refractivity contribution in [2.45, 2.75) is 32.2 Å². The summed E-state index contributed by atoms with van der Waals surface area (Å²) in [6, 6.07) is 35.4. The van der Waals surface area contributed by atoms with Crippen molar-refractivity contribution >= 4 is 5.91 Å². The SMILES string of the molecule is COc1ccc(CN(CCCOc2cccc(CC(N)=O)c2)CC(c2ccccc2)c2ccccc2)c(C)c1. The Morgan fingerprint density at radius 2 is 1.54 bits per heavy atom. The van der Waals surface area contributed by atoms with Crippen molar-refractivity contribution in [3.8, 4) is 11.5 Å². The smallest absolute Gasteiger partial charge is 0.221 e. The third kappa shape index (κ3) is 8.45. The van der Waals surface area contributed by atoms with Crippen LogP contribution in [0.25, 0.3) is 0 Å². The predicted octanol–water partition coefficient (Wildman–Crippen LogP) is 6.13. The van der Waals surface area contributed by atoms with Gasteiger partial charge in [0, 0.05) is 25.6 Å². The maximum absolute atomic E-state index is 11.3. The summed E-state index contributed by atoms with van der Waals surface area (Å²) in [7, 11) is 1.70. The third-order valence-corrected chi connectivity index (χ3v) is 6.95. The summed E-state index contributed by atoms with van der Waals surface area (Å²) in [5, 5.41) is 0. The van der Waals surface area contributed by atoms with E-state index in [9.17, 15) is 4.79 Å². The molecule has 0 aliphatic rings. The second-order valence-corrected chi connectivity index (χ2v) is 9.89. The molecule has 0 bridgehead atoms. The molecule has 0 heterocycles. The zero-order valence-corrected chi connectivity index (χ0v) is 22.9. The molecular formula is C34H38N2O3. The maximum Gasteiger partial charge on any atom is 0.221 e. The van der Waals surface area contributed by atoms with Gasteiger partial charge in [-0.15, -0.1) is 0 Å². The molecule has 2 N–H and O–H groups in total. The molecule has 202 valence electrons. The number of nitrogens with zero attached hydrogens (tertiary/aromatic N) is 1. The lowest BCUT2D eigenvalue weighted by atomic mass is 9.90. The number of ether oxygens (including phenoxy) is 2. The monoisotopic (exact) mass is 522 g/mol. The quantitative estimate of drug-likeness (QED) is 0.202. The molecule has 0 saturated heterocycles. The molecule has 4 aromatic rings. The van der Waals surface area contributed by atoms with E-state index in [0.29, 0.717) is 6.61 Å². The number of nitrogens with two attached hydrogens (primary N) is 1. The number of methoxy groups -OCH3 is 1. The van der Waals surface area contributed by atoms with Crippen LogP contribution >= 0.6 is 0 Å². The van der Waals surface area contributed by atoms with Gasteiger partial charge in [-0.2, -0.15) is 0 Å². The van der Waals surface area contributed by atoms with Gasteiger partial charge < -0.3 is 15.2 Å². The van der Waals surface area contributed by atoms with E-state index in [4.69, 9.17) is 15.2 Å². The second kappa shape index (κ2) is 14.2. The van der Waals surface area contributed by atoms with Gasteiger partial charge in [0.05, 0.1) is 20.1 Å². The number of hydrogen-bond acceptors (Lipinski definition) is 4. The van der Waals surface area contributed by atoms with Crippen LogP contribution in [-0.4, -0.2) is 37.6 Å². The van der Waals surface area contributed by atoms with Crippen molar-refractivity contribution in [3.05, 3.63) is 131 Å². The summed E-state index contributed by atoms with van der Waals surface area (Å²) < 4.78 is 11.5. The number of rotatable bonds is 14. The zero-order chi connectivity index (χ0) is 27.5. The second-order valence-electron chi connectivity index (χ2n) is 9.89. The molecule has 5 heteroatoms. The minimum Gasteiger partial charge on any atom is -0.497 e. The van der Waals surface area contributed by atoms with Crippen LogP contribution < -0.4 is 15.2 Å². The van der Waals surface area contributed by atoms with Crippen LogP contribution in [0.4, 0.5) is 0 Å². The lowest BCUT2D eigenvalue weighted by Crippen LogP contribution is -2.31. The minimum atomic E-state index is -0.344. The van der Waals surface area contributed by atoms with E-state index < -0.39 is 0 Å². The summed E-state index contributed by atoms with van der Waals surface area (Å²) in [6.07, 6.45) is 1.08. The topological polar surface area (TPSA) is 64.8 Å². The maximum atomic E-state index is 11.3. The Hall–Kier alpha value is -4.09. The number of carbonyl (C=O) groups excluding carboxylic acids is 1. The van der Waals surface area contributed by atoms with Gasteiger partial charge in [-0.05, 0) is 65.4 Å². The molecule has 0 aliphatic carbocycles. The highest BCUT2D eigenvalue weighted by Gasteiger charge is 2.19. The van der Waals surface area contributed by atoms with Crippen molar-refractivity contribution in [1.82, 2.24) is 4.90 Å². The first kappa shape index (κ1) is 27.9. The fourth-order valence-electron chi connectivity index (χ4n) is 4.91. The van der Waals surface area contributed by atoms with E-state index in [2.05, 4.69) is 84.6 Å². The molecule has 0 aromatic heterocycles. The molecule has 0 radical (unpaired) electrons. The van der Waals surface area contributed by atoms with Crippen molar-refractivity contribution < 1.29 is 14.3 Å². The number of aryl methyl sites for hydroxylation is 1. The summed E-state index contributed by atoms with van der Waals surface area (Å²) >= 11 is 0. The molecule has 0 unspecified atom stereocenters. The first-order chi connectivity index (χ1) is 19.0. The van der Waals surface area contributed by atoms with E-state index in [1.54, 1.807) is 7.11 Å². The van der Waals surface area contributed by atoms with Gasteiger partial charge in [-0.25, -0.2) is 0 Å². The number of amides is 1. The molecule has 0 atom stereocenters. The molecule has 0 fully saturated rings. The molecular weight excluding hydrogens is 484 g/mol. The van der Waals surface area contributed by atoms with Gasteiger partial charge in [-0.3, -0.25) is 9.69 Å². The van der Waals surface area contributed by atoms with Gasteiger partial charge in [-0.1, -0.05) is 78.9 Å². The largest absolute Gasteiger partial charge is 0.497 e. The van der Waals surface area contributed by atoms with Crippen LogP contribution in [-0.2, 0) is 17.8 Å². The van der Waals surface area contributed by atoms with Gasteiger partial charge in [0.2, 0.25) is 5.91 Å². The van der Waals surface area contributed by atoms with Crippen LogP contribution in [0.15, 0.2) is 103 Å². The van der Waals surface area contributed by atoms with Crippen LogP contribution in [0.1, 0.15) is 40.2 Å². The molecule has 4 aromatic carbocycles. The average molecular weight is 523 g/mol. The highest BCUT2D eigenvalue weighted by molar-refractivity contribution is 5.76. The Kier molecular flexibility index (Phi) is 10.1. The summed E-state index contributed by atoms with van der Waals surface area (Å²) in [5.74, 6) is 1.54. The van der Waals surface area contributed by atoms with Crippen molar-refractivity contribution in [2.24, 2.45) is 5.73 Å². The average Bonchev–Trinajstić information content (AvgIpc) is 2.95. The van der Waals surface area contributed by atoms with Crippen LogP contribution in [0, 0.1) is 6.92 Å². The first-order valence-electron chi connectivity index (χ1n) is 13.5. The summed E-state index contributed by atoms with van der Waals surface area (Å²) in [6.45, 7) is 5.32. The van der Waals surface area contributed by atoms with Crippen LogP contribution in [0.2, 0.25) is 0 Å². The normalized spacial score (nSPS) is 11.1. The highest BCUT2D eigenvalue weighted by Crippen LogP contribution is 2.27. The highest BCUT2D eigenvalue weighted by atomic mass is 16.5. The van der Waals surface area contributed by atoms with Crippen molar-refractivity contribution in [3.63, 3.8) is 0 Å². The molecule has 0 aliphatic heterocycles. The molecule has 1 amide bonds. The van der Waals surface area contributed by atoms with Crippen LogP contribution in [0.5, 0.6) is 11.5 Å². The summed E-state index contributed by atoms with van der Waals surface area (Å²) in [5.41, 5.74) is 11.3. The van der Waals surface area contributed by atoms with E-state index in [-0.39, 0.29) is 18.2 Å². The molecule has 0 spiro atoms. The fraction of sp³-hybridized carbons (Fsp3) is 0.265. The number of benzene rings is 4. The molecule has 5 nitrogen and oxygen atoms in total. The first-order valence-corrected chi connectivity index (χ1v) is 13.5. The predicted molar refractivity (Wildman–Crippen MR) is 157 cm³/mol. The van der Waals surface area contributed by atoms with Gasteiger partial charge in [0.15, 0.2) is 0 Å². The lowest BCUT2D eigenvalue weighted by molar-refractivity contribution is -0.117. The van der Waals surface area contributed by atoms with Gasteiger partial charge in [0.25, 0.3) is 0 Å². The van der Waals surface area contributed by atoms with Crippen molar-refractivity contribution in [2.75, 3.05) is 26.8 Å². The zero-order valence-electron chi connectivity index (χ0n) is 22.9. The number of primary amides is 1. The van der Waals surface area contributed by atoms with Gasteiger partial charge in [0.1, 0.15) is 11.5 Å². The Morgan fingerprint density at radius 3 is 2.15 bits per heavy atom. The Balaban J connectivity index is 1.50. The molecule has 0 saturated carbocycles.